The first kappa shape index (κ1) is 16.5. The van der Waals surface area contributed by atoms with Crippen molar-refractivity contribution in [3.63, 3.8) is 0 Å². The average Bonchev–Trinajstić information content (AvgIpc) is 3.26. The number of thiophene rings is 1. The van der Waals surface area contributed by atoms with Gasteiger partial charge in [-0.05, 0) is 42.6 Å². The smallest absolute Gasteiger partial charge is 0.237 e. The molecule has 2 heterocycles. The summed E-state index contributed by atoms with van der Waals surface area (Å²) in [6.07, 6.45) is 0. The van der Waals surface area contributed by atoms with Crippen LogP contribution in [0.4, 0.5) is 5.69 Å². The number of hydrogen-bond acceptors (Lipinski definition) is 6. The molecule has 2 aromatic heterocycles. The first-order chi connectivity index (χ1) is 11.7. The SMILES string of the molecule is COc1ccc(NC(=O)[C@H](C)Sc2n[nH]c(-c3cccs3)n2)cc1. The molecule has 0 saturated carbocycles. The van der Waals surface area contributed by atoms with Gasteiger partial charge in [-0.3, -0.25) is 9.89 Å². The monoisotopic (exact) mass is 360 g/mol. The number of carbonyl (C=O) groups is 1. The van der Waals surface area contributed by atoms with Crippen LogP contribution in [0.15, 0.2) is 46.9 Å². The minimum atomic E-state index is -0.320. The Balaban J connectivity index is 1.59. The molecular weight excluding hydrogens is 344 g/mol. The molecule has 0 spiro atoms. The van der Waals surface area contributed by atoms with Crippen molar-refractivity contribution in [1.82, 2.24) is 15.2 Å². The largest absolute Gasteiger partial charge is 0.497 e. The zero-order chi connectivity index (χ0) is 16.9. The highest BCUT2D eigenvalue weighted by Gasteiger charge is 2.18. The van der Waals surface area contributed by atoms with Crippen molar-refractivity contribution in [2.24, 2.45) is 0 Å². The lowest BCUT2D eigenvalue weighted by molar-refractivity contribution is -0.115. The summed E-state index contributed by atoms with van der Waals surface area (Å²) in [5.41, 5.74) is 0.725. The van der Waals surface area contributed by atoms with Crippen molar-refractivity contribution in [3.05, 3.63) is 41.8 Å². The predicted octanol–water partition coefficient (Wildman–Crippen LogP) is 3.66. The maximum absolute atomic E-state index is 12.3. The van der Waals surface area contributed by atoms with Crippen molar-refractivity contribution in [2.45, 2.75) is 17.3 Å². The second kappa shape index (κ2) is 7.50. The number of aromatic nitrogens is 3. The standard InChI is InChI=1S/C16H16N4O2S2/c1-10(15(21)17-11-5-7-12(22-2)8-6-11)24-16-18-14(19-20-16)13-4-3-9-23-13/h3-10H,1-2H3,(H,17,21)(H,18,19,20)/t10-/m0/s1. The van der Waals surface area contributed by atoms with E-state index in [1.54, 1.807) is 42.7 Å². The van der Waals surface area contributed by atoms with E-state index < -0.39 is 0 Å². The molecule has 0 unspecified atom stereocenters. The fourth-order valence-corrected chi connectivity index (χ4v) is 3.34. The number of nitrogens with one attached hydrogen (secondary N) is 2. The van der Waals surface area contributed by atoms with Crippen LogP contribution in [0.25, 0.3) is 10.7 Å². The van der Waals surface area contributed by atoms with Crippen molar-refractivity contribution in [1.29, 1.82) is 0 Å². The van der Waals surface area contributed by atoms with Gasteiger partial charge in [0.2, 0.25) is 11.1 Å². The molecule has 0 saturated heterocycles. The number of methoxy groups -OCH3 is 1. The van der Waals surface area contributed by atoms with Gasteiger partial charge in [-0.15, -0.1) is 16.4 Å². The molecule has 0 bridgehead atoms. The number of ether oxygens (including phenoxy) is 1. The summed E-state index contributed by atoms with van der Waals surface area (Å²) in [6.45, 7) is 1.82. The Labute approximate surface area is 147 Å². The number of nitrogens with zero attached hydrogens (tertiary/aromatic N) is 2. The number of thioether (sulfide) groups is 1. The summed E-state index contributed by atoms with van der Waals surface area (Å²) >= 11 is 2.90. The van der Waals surface area contributed by atoms with Crippen LogP contribution < -0.4 is 10.1 Å². The fraction of sp³-hybridized carbons (Fsp3) is 0.188. The zero-order valence-corrected chi connectivity index (χ0v) is 14.8. The minimum absolute atomic E-state index is 0.104. The van der Waals surface area contributed by atoms with E-state index in [9.17, 15) is 4.79 Å². The van der Waals surface area contributed by atoms with Crippen LogP contribution in [0.3, 0.4) is 0 Å². The average molecular weight is 360 g/mol. The van der Waals surface area contributed by atoms with Gasteiger partial charge >= 0.3 is 0 Å². The van der Waals surface area contributed by atoms with E-state index in [0.717, 1.165) is 22.1 Å². The van der Waals surface area contributed by atoms with E-state index in [4.69, 9.17) is 4.74 Å². The van der Waals surface area contributed by atoms with E-state index in [-0.39, 0.29) is 11.2 Å². The van der Waals surface area contributed by atoms with Crippen LogP contribution in [0.2, 0.25) is 0 Å². The van der Waals surface area contributed by atoms with Crippen LogP contribution in [0.5, 0.6) is 5.75 Å². The molecule has 0 aliphatic carbocycles. The Bertz CT molecular complexity index is 800. The predicted molar refractivity (Wildman–Crippen MR) is 96.6 cm³/mol. The van der Waals surface area contributed by atoms with E-state index in [2.05, 4.69) is 20.5 Å². The maximum Gasteiger partial charge on any atom is 0.237 e. The van der Waals surface area contributed by atoms with Crippen molar-refractivity contribution >= 4 is 34.7 Å². The summed E-state index contributed by atoms with van der Waals surface area (Å²) in [5.74, 6) is 1.36. The fourth-order valence-electron chi connectivity index (χ4n) is 1.95. The van der Waals surface area contributed by atoms with Crippen LogP contribution in [0, 0.1) is 0 Å². The molecule has 3 rings (SSSR count). The molecule has 1 amide bonds. The lowest BCUT2D eigenvalue weighted by Gasteiger charge is -2.10. The molecule has 1 aromatic carbocycles. The molecule has 24 heavy (non-hydrogen) atoms. The van der Waals surface area contributed by atoms with Gasteiger partial charge in [-0.1, -0.05) is 17.8 Å². The normalized spacial score (nSPS) is 11.9. The van der Waals surface area contributed by atoms with Gasteiger partial charge in [0.1, 0.15) is 5.75 Å². The Morgan fingerprint density at radius 3 is 2.79 bits per heavy atom. The third-order valence-corrected chi connectivity index (χ3v) is 5.07. The number of aromatic amines is 1. The molecule has 8 heteroatoms. The van der Waals surface area contributed by atoms with Crippen molar-refractivity contribution in [3.8, 4) is 16.5 Å². The molecule has 6 nitrogen and oxygen atoms in total. The third-order valence-electron chi connectivity index (χ3n) is 3.23. The van der Waals surface area contributed by atoms with Crippen molar-refractivity contribution < 1.29 is 9.53 Å². The second-order valence-electron chi connectivity index (χ2n) is 4.92. The van der Waals surface area contributed by atoms with Gasteiger partial charge < -0.3 is 10.1 Å². The van der Waals surface area contributed by atoms with Crippen molar-refractivity contribution in [2.75, 3.05) is 12.4 Å². The molecule has 0 aliphatic heterocycles. The minimum Gasteiger partial charge on any atom is -0.497 e. The number of hydrogen-bond donors (Lipinski definition) is 2. The lowest BCUT2D eigenvalue weighted by atomic mass is 10.3. The number of carbonyl (C=O) groups excluding carboxylic acids is 1. The van der Waals surface area contributed by atoms with Crippen LogP contribution >= 0.6 is 23.1 Å². The maximum atomic E-state index is 12.3. The Hall–Kier alpha value is -2.32. The molecule has 124 valence electrons. The lowest BCUT2D eigenvalue weighted by Crippen LogP contribution is -2.22. The Kier molecular flexibility index (Phi) is 5.17. The summed E-state index contributed by atoms with van der Waals surface area (Å²) in [6, 6.07) is 11.1. The van der Waals surface area contributed by atoms with Gasteiger partial charge in [0.25, 0.3) is 0 Å². The van der Waals surface area contributed by atoms with Crippen LogP contribution in [-0.2, 0) is 4.79 Å². The zero-order valence-electron chi connectivity index (χ0n) is 13.1. The van der Waals surface area contributed by atoms with Crippen LogP contribution in [0.1, 0.15) is 6.92 Å². The summed E-state index contributed by atoms with van der Waals surface area (Å²) in [5, 5.41) is 12.1. The van der Waals surface area contributed by atoms with Gasteiger partial charge in [0.15, 0.2) is 5.82 Å². The summed E-state index contributed by atoms with van der Waals surface area (Å²) in [4.78, 5) is 17.7. The molecule has 0 aliphatic rings. The summed E-state index contributed by atoms with van der Waals surface area (Å²) < 4.78 is 5.10. The number of benzene rings is 1. The van der Waals surface area contributed by atoms with Gasteiger partial charge in [0, 0.05) is 5.69 Å². The highest BCUT2D eigenvalue weighted by Crippen LogP contribution is 2.26. The van der Waals surface area contributed by atoms with E-state index in [1.807, 2.05) is 24.4 Å². The highest BCUT2D eigenvalue weighted by atomic mass is 32.2. The van der Waals surface area contributed by atoms with Gasteiger partial charge in [-0.25, -0.2) is 4.98 Å². The van der Waals surface area contributed by atoms with E-state index in [0.29, 0.717) is 5.16 Å². The van der Waals surface area contributed by atoms with E-state index >= 15 is 0 Å². The Morgan fingerprint density at radius 2 is 2.12 bits per heavy atom. The topological polar surface area (TPSA) is 79.9 Å². The first-order valence-corrected chi connectivity index (χ1v) is 8.99. The first-order valence-electron chi connectivity index (χ1n) is 7.23. The third kappa shape index (κ3) is 3.95. The van der Waals surface area contributed by atoms with Gasteiger partial charge in [0.05, 0.1) is 17.2 Å². The number of anilines is 1. The highest BCUT2D eigenvalue weighted by molar-refractivity contribution is 8.00. The molecule has 0 fully saturated rings. The number of H-pyrrole nitrogens is 1. The molecule has 2 N–H and O–H groups in total. The molecule has 0 radical (unpaired) electrons. The van der Waals surface area contributed by atoms with Gasteiger partial charge in [-0.2, -0.15) is 0 Å². The molecule has 1 atom stereocenters. The Morgan fingerprint density at radius 1 is 1.33 bits per heavy atom. The number of amides is 1. The summed E-state index contributed by atoms with van der Waals surface area (Å²) in [7, 11) is 1.60. The quantitative estimate of drug-likeness (QED) is 0.656. The second-order valence-corrected chi connectivity index (χ2v) is 7.18. The van der Waals surface area contributed by atoms with Crippen LogP contribution in [-0.4, -0.2) is 33.4 Å². The molecule has 3 aromatic rings. The van der Waals surface area contributed by atoms with E-state index in [1.165, 1.54) is 11.8 Å². The molecular formula is C16H16N4O2S2. The number of rotatable bonds is 6.